The molecule has 0 saturated heterocycles. The fraction of sp³-hybridized carbons (Fsp3) is 0.222. The number of phenolic OH excluding ortho intramolecular Hbond substituents is 3. The maximum Gasteiger partial charge on any atom is 0.264 e. The van der Waals surface area contributed by atoms with E-state index in [2.05, 4.69) is 10.6 Å². The van der Waals surface area contributed by atoms with Crippen molar-refractivity contribution in [2.75, 3.05) is 27.3 Å². The first-order valence-corrected chi connectivity index (χ1v) is 14.9. The maximum atomic E-state index is 13.4. The minimum atomic E-state index is -1.47. The van der Waals surface area contributed by atoms with Gasteiger partial charge in [-0.1, -0.05) is 36.4 Å². The summed E-state index contributed by atoms with van der Waals surface area (Å²) >= 11 is 0. The molecule has 0 aliphatic rings. The van der Waals surface area contributed by atoms with Gasteiger partial charge in [0.05, 0.1) is 14.2 Å². The van der Waals surface area contributed by atoms with Crippen molar-refractivity contribution in [2.45, 2.75) is 25.0 Å². The molecule has 4 rings (SSSR count). The van der Waals surface area contributed by atoms with Gasteiger partial charge in [-0.25, -0.2) is 0 Å². The number of rotatable bonds is 15. The Morgan fingerprint density at radius 3 is 1.91 bits per heavy atom. The molecule has 11 nitrogen and oxygen atoms in total. The molecular formula is C36H38N2O9. The van der Waals surface area contributed by atoms with E-state index in [4.69, 9.17) is 14.2 Å². The van der Waals surface area contributed by atoms with E-state index in [1.165, 1.54) is 38.5 Å². The topological polar surface area (TPSA) is 167 Å². The summed E-state index contributed by atoms with van der Waals surface area (Å²) in [6, 6.07) is 22.5. The lowest BCUT2D eigenvalue weighted by Gasteiger charge is -2.25. The van der Waals surface area contributed by atoms with Gasteiger partial charge in [0.2, 0.25) is 12.0 Å². The van der Waals surface area contributed by atoms with Crippen LogP contribution in [0.5, 0.6) is 34.5 Å². The van der Waals surface area contributed by atoms with Crippen LogP contribution in [0.2, 0.25) is 0 Å². The summed E-state index contributed by atoms with van der Waals surface area (Å²) in [5.74, 6) is -0.148. The summed E-state index contributed by atoms with van der Waals surface area (Å²) in [4.78, 5) is 25.8. The third-order valence-electron chi connectivity index (χ3n) is 7.26. The number of hydrogen-bond acceptors (Lipinski definition) is 9. The Labute approximate surface area is 272 Å². The van der Waals surface area contributed by atoms with Gasteiger partial charge in [0.1, 0.15) is 17.6 Å². The quantitative estimate of drug-likeness (QED) is 0.105. The van der Waals surface area contributed by atoms with Crippen LogP contribution in [0.1, 0.15) is 28.4 Å². The molecule has 0 aliphatic heterocycles. The second-order valence-corrected chi connectivity index (χ2v) is 10.6. The predicted molar refractivity (Wildman–Crippen MR) is 176 cm³/mol. The lowest BCUT2D eigenvalue weighted by atomic mass is 10.0. The van der Waals surface area contributed by atoms with Crippen molar-refractivity contribution in [1.82, 2.24) is 10.6 Å². The van der Waals surface area contributed by atoms with Crippen molar-refractivity contribution < 1.29 is 44.2 Å². The minimum Gasteiger partial charge on any atom is -0.508 e. The second kappa shape index (κ2) is 16.6. The van der Waals surface area contributed by atoms with Crippen LogP contribution in [0, 0.1) is 0 Å². The zero-order valence-corrected chi connectivity index (χ0v) is 26.1. The summed E-state index contributed by atoms with van der Waals surface area (Å²) < 4.78 is 16.8. The number of amides is 2. The first-order valence-electron chi connectivity index (χ1n) is 14.9. The van der Waals surface area contributed by atoms with Crippen LogP contribution in [-0.2, 0) is 22.4 Å². The van der Waals surface area contributed by atoms with Gasteiger partial charge in [0.15, 0.2) is 23.0 Å². The van der Waals surface area contributed by atoms with Gasteiger partial charge in [-0.2, -0.15) is 0 Å². The van der Waals surface area contributed by atoms with Crippen LogP contribution >= 0.6 is 0 Å². The number of phenols is 3. The molecule has 6 N–H and O–H groups in total. The average molecular weight is 643 g/mol. The summed E-state index contributed by atoms with van der Waals surface area (Å²) in [5, 5.41) is 45.9. The molecule has 2 atom stereocenters. The normalized spacial score (nSPS) is 12.2. The Morgan fingerprint density at radius 1 is 0.723 bits per heavy atom. The molecule has 4 aromatic rings. The molecule has 0 heterocycles. The molecule has 0 saturated carbocycles. The van der Waals surface area contributed by atoms with Crippen molar-refractivity contribution in [3.8, 4) is 34.5 Å². The predicted octanol–water partition coefficient (Wildman–Crippen LogP) is 4.03. The minimum absolute atomic E-state index is 0.117. The zero-order valence-electron chi connectivity index (χ0n) is 26.1. The summed E-state index contributed by atoms with van der Waals surface area (Å²) in [7, 11) is 2.80. The van der Waals surface area contributed by atoms with Crippen molar-refractivity contribution in [3.63, 3.8) is 0 Å². The van der Waals surface area contributed by atoms with Gasteiger partial charge in [0.25, 0.3) is 5.91 Å². The molecule has 2 unspecified atom stereocenters. The zero-order chi connectivity index (χ0) is 33.8. The van der Waals surface area contributed by atoms with Crippen molar-refractivity contribution >= 4 is 17.9 Å². The van der Waals surface area contributed by atoms with E-state index in [0.29, 0.717) is 24.9 Å². The van der Waals surface area contributed by atoms with Crippen LogP contribution in [0.25, 0.3) is 6.08 Å². The Bertz CT molecular complexity index is 1670. The fourth-order valence-electron chi connectivity index (χ4n) is 4.65. The Hall–Kier alpha value is -5.68. The highest BCUT2D eigenvalue weighted by Crippen LogP contribution is 2.34. The van der Waals surface area contributed by atoms with Crippen LogP contribution in [-0.4, -0.2) is 65.7 Å². The van der Waals surface area contributed by atoms with E-state index in [1.54, 1.807) is 72.8 Å². The molecule has 47 heavy (non-hydrogen) atoms. The highest BCUT2D eigenvalue weighted by Gasteiger charge is 2.32. The number of benzene rings is 4. The average Bonchev–Trinajstić information content (AvgIpc) is 3.08. The first kappa shape index (κ1) is 34.2. The van der Waals surface area contributed by atoms with Gasteiger partial charge in [-0.15, -0.1) is 0 Å². The van der Waals surface area contributed by atoms with E-state index in [1.807, 2.05) is 0 Å². The number of aliphatic hydroxyl groups excluding tert-OH is 1. The molecule has 4 aromatic carbocycles. The van der Waals surface area contributed by atoms with Crippen LogP contribution in [0.4, 0.5) is 0 Å². The molecule has 0 fully saturated rings. The number of ether oxygens (including phenoxy) is 3. The van der Waals surface area contributed by atoms with E-state index >= 15 is 0 Å². The van der Waals surface area contributed by atoms with E-state index in [-0.39, 0.29) is 52.5 Å². The third kappa shape index (κ3) is 9.90. The number of aliphatic hydroxyl groups is 1. The van der Waals surface area contributed by atoms with Crippen molar-refractivity contribution in [2.24, 2.45) is 0 Å². The van der Waals surface area contributed by atoms with Gasteiger partial charge in [0, 0.05) is 19.2 Å². The molecule has 11 heteroatoms. The largest absolute Gasteiger partial charge is 0.508 e. The Morgan fingerprint density at radius 2 is 1.32 bits per heavy atom. The standard InChI is InChI=1S/C36H38N2O9/c1-45-31-22-26(9-14-29(31)41)34(43)35(36(44)38-20-18-24-5-12-28(40)13-6-24)47-30-15-7-25(21-32(30)46-2)8-16-33(42)37-19-17-23-3-10-27(39)11-4-23/h3-16,21-22,34-35,39-41,43H,17-20H2,1-2H3,(H,37,42)(H,38,44)/b16-8-. The maximum absolute atomic E-state index is 13.4. The molecule has 0 bridgehead atoms. The molecule has 0 aliphatic carbocycles. The molecular weight excluding hydrogens is 604 g/mol. The van der Waals surface area contributed by atoms with Crippen LogP contribution in [0.3, 0.4) is 0 Å². The summed E-state index contributed by atoms with van der Waals surface area (Å²) in [5.41, 5.74) is 2.77. The lowest BCUT2D eigenvalue weighted by Crippen LogP contribution is -2.43. The van der Waals surface area contributed by atoms with E-state index in [0.717, 1.165) is 11.1 Å². The summed E-state index contributed by atoms with van der Waals surface area (Å²) in [6.07, 6.45) is 1.17. The van der Waals surface area contributed by atoms with Crippen molar-refractivity contribution in [3.05, 3.63) is 113 Å². The number of methoxy groups -OCH3 is 2. The number of carbonyl (C=O) groups excluding carboxylic acids is 2. The molecule has 246 valence electrons. The summed E-state index contributed by atoms with van der Waals surface area (Å²) in [6.45, 7) is 0.643. The highest BCUT2D eigenvalue weighted by molar-refractivity contribution is 5.91. The number of carbonyl (C=O) groups is 2. The highest BCUT2D eigenvalue weighted by atomic mass is 16.5. The van der Waals surface area contributed by atoms with Gasteiger partial charge in [-0.3, -0.25) is 9.59 Å². The molecule has 0 spiro atoms. The van der Waals surface area contributed by atoms with Crippen molar-refractivity contribution in [1.29, 1.82) is 0 Å². The number of aromatic hydroxyl groups is 3. The lowest BCUT2D eigenvalue weighted by molar-refractivity contribution is -0.133. The van der Waals surface area contributed by atoms with Gasteiger partial charge in [-0.05, 0) is 89.7 Å². The third-order valence-corrected chi connectivity index (χ3v) is 7.26. The monoisotopic (exact) mass is 642 g/mol. The number of hydrogen-bond donors (Lipinski definition) is 6. The molecule has 2 amide bonds. The van der Waals surface area contributed by atoms with E-state index in [9.17, 15) is 30.0 Å². The molecule has 0 aromatic heterocycles. The molecule has 0 radical (unpaired) electrons. The SMILES string of the molecule is COc1cc(C(O)C(Oc2ccc(/C=C\C(=O)NCCc3ccc(O)cc3)cc2OC)C(=O)NCCc2ccc(O)cc2)ccc1O. The second-order valence-electron chi connectivity index (χ2n) is 10.6. The fourth-order valence-corrected chi connectivity index (χ4v) is 4.65. The Balaban J connectivity index is 1.46. The Kier molecular flexibility index (Phi) is 12.1. The van der Waals surface area contributed by atoms with Gasteiger partial charge >= 0.3 is 0 Å². The smallest absolute Gasteiger partial charge is 0.264 e. The van der Waals surface area contributed by atoms with Crippen LogP contribution < -0.4 is 24.8 Å². The van der Waals surface area contributed by atoms with E-state index < -0.39 is 18.1 Å². The van der Waals surface area contributed by atoms with Crippen LogP contribution in [0.15, 0.2) is 91.0 Å². The number of nitrogens with one attached hydrogen (secondary N) is 2. The van der Waals surface area contributed by atoms with Gasteiger partial charge < -0.3 is 45.3 Å². The first-order chi connectivity index (χ1) is 22.7.